The molecule has 1 rings (SSSR count). The van der Waals surface area contributed by atoms with Crippen molar-refractivity contribution in [1.82, 2.24) is 9.55 Å². The first kappa shape index (κ1) is 16.4. The number of primary amides is 1. The lowest BCUT2D eigenvalue weighted by molar-refractivity contribution is -0.133. The van der Waals surface area contributed by atoms with Crippen LogP contribution in [0.25, 0.3) is 0 Å². The number of aliphatic carboxylic acids is 1. The molecule has 0 saturated carbocycles. The van der Waals surface area contributed by atoms with Gasteiger partial charge in [0.15, 0.2) is 5.16 Å². The van der Waals surface area contributed by atoms with Crippen LogP contribution in [0.5, 0.6) is 0 Å². The van der Waals surface area contributed by atoms with Gasteiger partial charge in [-0.1, -0.05) is 32.5 Å². The summed E-state index contributed by atoms with van der Waals surface area (Å²) in [6.45, 7) is 6.59. The molecule has 0 aromatic carbocycles. The highest BCUT2D eigenvalue weighted by molar-refractivity contribution is 7.99. The Balaban J connectivity index is 2.90. The molecule has 0 fully saturated rings. The van der Waals surface area contributed by atoms with Gasteiger partial charge in [0, 0.05) is 17.3 Å². The number of amides is 1. The van der Waals surface area contributed by atoms with E-state index in [1.807, 2.05) is 25.3 Å². The second kappa shape index (κ2) is 6.65. The lowest BCUT2D eigenvalue weighted by atomic mass is 9.93. The van der Waals surface area contributed by atoms with E-state index in [1.54, 1.807) is 6.20 Å². The maximum atomic E-state index is 10.6. The quantitative estimate of drug-likeness (QED) is 0.770. The fraction of sp³-hybridized carbons (Fsp3) is 0.583. The number of carbonyl (C=O) groups excluding carboxylic acids is 1. The Morgan fingerprint density at radius 1 is 1.50 bits per heavy atom. The molecule has 0 aliphatic heterocycles. The Labute approximate surface area is 121 Å². The average Bonchev–Trinajstić information content (AvgIpc) is 2.68. The van der Waals surface area contributed by atoms with Crippen LogP contribution in [0, 0.1) is 0 Å². The zero-order valence-corrected chi connectivity index (χ0v) is 12.6. The SMILES string of the molecule is CC(C)(C)c1cnc(SCC(=O)O)n1CCOC(N)=O. The van der Waals surface area contributed by atoms with Crippen molar-refractivity contribution in [2.24, 2.45) is 5.73 Å². The normalized spacial score (nSPS) is 11.3. The number of nitrogens with two attached hydrogens (primary N) is 1. The number of thioether (sulfide) groups is 1. The Bertz CT molecular complexity index is 493. The molecule has 0 spiro atoms. The smallest absolute Gasteiger partial charge is 0.404 e. The van der Waals surface area contributed by atoms with Crippen molar-refractivity contribution in [3.05, 3.63) is 11.9 Å². The molecule has 0 radical (unpaired) electrons. The van der Waals surface area contributed by atoms with E-state index < -0.39 is 12.1 Å². The molecule has 1 aromatic rings. The van der Waals surface area contributed by atoms with Crippen molar-refractivity contribution < 1.29 is 19.4 Å². The lowest BCUT2D eigenvalue weighted by Gasteiger charge is -2.21. The number of carboxylic acids is 1. The first-order valence-corrected chi connectivity index (χ1v) is 7.03. The molecule has 1 heterocycles. The number of aromatic nitrogens is 2. The fourth-order valence-corrected chi connectivity index (χ4v) is 2.38. The molecule has 0 bridgehead atoms. The number of carboxylic acid groups (broad SMARTS) is 1. The van der Waals surface area contributed by atoms with E-state index in [0.717, 1.165) is 17.5 Å². The van der Waals surface area contributed by atoms with Gasteiger partial charge < -0.3 is 20.1 Å². The Morgan fingerprint density at radius 3 is 2.65 bits per heavy atom. The summed E-state index contributed by atoms with van der Waals surface area (Å²) in [6, 6.07) is 0. The van der Waals surface area contributed by atoms with E-state index in [1.165, 1.54) is 0 Å². The van der Waals surface area contributed by atoms with E-state index >= 15 is 0 Å². The minimum atomic E-state index is -0.907. The zero-order valence-electron chi connectivity index (χ0n) is 11.8. The minimum Gasteiger partial charge on any atom is -0.481 e. The van der Waals surface area contributed by atoms with Crippen LogP contribution >= 0.6 is 11.8 Å². The predicted molar refractivity (Wildman–Crippen MR) is 74.8 cm³/mol. The van der Waals surface area contributed by atoms with E-state index in [-0.39, 0.29) is 17.8 Å². The third kappa shape index (κ3) is 4.76. The molecule has 0 saturated heterocycles. The summed E-state index contributed by atoms with van der Waals surface area (Å²) in [6.07, 6.45) is 0.885. The summed E-state index contributed by atoms with van der Waals surface area (Å²) >= 11 is 1.13. The fourth-order valence-electron chi connectivity index (χ4n) is 1.65. The third-order valence-electron chi connectivity index (χ3n) is 2.47. The highest BCUT2D eigenvalue weighted by Gasteiger charge is 2.22. The summed E-state index contributed by atoms with van der Waals surface area (Å²) in [5.41, 5.74) is 5.72. The molecular formula is C12H19N3O4S. The van der Waals surface area contributed by atoms with Gasteiger partial charge in [-0.2, -0.15) is 0 Å². The number of ether oxygens (including phenoxy) is 1. The van der Waals surface area contributed by atoms with Crippen molar-refractivity contribution >= 4 is 23.8 Å². The molecule has 20 heavy (non-hydrogen) atoms. The number of carbonyl (C=O) groups is 2. The first-order valence-electron chi connectivity index (χ1n) is 6.04. The molecular weight excluding hydrogens is 282 g/mol. The van der Waals surface area contributed by atoms with E-state index in [2.05, 4.69) is 4.98 Å². The number of rotatable bonds is 6. The van der Waals surface area contributed by atoms with Gasteiger partial charge in [0.1, 0.15) is 6.61 Å². The van der Waals surface area contributed by atoms with Crippen LogP contribution in [-0.4, -0.2) is 39.1 Å². The first-order chi connectivity index (χ1) is 9.21. The van der Waals surface area contributed by atoms with Crippen LogP contribution in [0.2, 0.25) is 0 Å². The van der Waals surface area contributed by atoms with Crippen LogP contribution in [0.4, 0.5) is 4.79 Å². The maximum absolute atomic E-state index is 10.6. The van der Waals surface area contributed by atoms with Gasteiger partial charge in [-0.25, -0.2) is 9.78 Å². The van der Waals surface area contributed by atoms with Crippen LogP contribution in [-0.2, 0) is 21.5 Å². The van der Waals surface area contributed by atoms with Crippen molar-refractivity contribution in [3.63, 3.8) is 0 Å². The highest BCUT2D eigenvalue weighted by atomic mass is 32.2. The monoisotopic (exact) mass is 301 g/mol. The second-order valence-corrected chi connectivity index (χ2v) is 6.12. The largest absolute Gasteiger partial charge is 0.481 e. The minimum absolute atomic E-state index is 0.0722. The Hall–Kier alpha value is -1.70. The van der Waals surface area contributed by atoms with Crippen LogP contribution in [0.15, 0.2) is 11.4 Å². The topological polar surface area (TPSA) is 107 Å². The van der Waals surface area contributed by atoms with Gasteiger partial charge in [-0.15, -0.1) is 0 Å². The van der Waals surface area contributed by atoms with Gasteiger partial charge in [-0.05, 0) is 0 Å². The van der Waals surface area contributed by atoms with Gasteiger partial charge in [-0.3, -0.25) is 4.79 Å². The zero-order chi connectivity index (χ0) is 15.3. The van der Waals surface area contributed by atoms with Gasteiger partial charge in [0.2, 0.25) is 0 Å². The summed E-state index contributed by atoms with van der Waals surface area (Å²) < 4.78 is 6.59. The predicted octanol–water partition coefficient (Wildman–Crippen LogP) is 1.45. The second-order valence-electron chi connectivity index (χ2n) is 5.18. The maximum Gasteiger partial charge on any atom is 0.404 e. The Morgan fingerprint density at radius 2 is 2.15 bits per heavy atom. The summed E-state index contributed by atoms with van der Waals surface area (Å²) in [5.74, 6) is -0.979. The highest BCUT2D eigenvalue weighted by Crippen LogP contribution is 2.27. The molecule has 3 N–H and O–H groups in total. The Kier molecular flexibility index (Phi) is 5.43. The summed E-state index contributed by atoms with van der Waals surface area (Å²) in [7, 11) is 0. The average molecular weight is 301 g/mol. The molecule has 1 amide bonds. The van der Waals surface area contributed by atoms with Crippen molar-refractivity contribution in [2.45, 2.75) is 37.9 Å². The van der Waals surface area contributed by atoms with E-state index in [9.17, 15) is 9.59 Å². The van der Waals surface area contributed by atoms with Crippen LogP contribution < -0.4 is 5.73 Å². The molecule has 112 valence electrons. The number of hydrogen-bond donors (Lipinski definition) is 2. The molecule has 1 aromatic heterocycles. The molecule has 0 aliphatic rings. The number of imidazole rings is 1. The molecule has 7 nitrogen and oxygen atoms in total. The van der Waals surface area contributed by atoms with E-state index in [4.69, 9.17) is 15.6 Å². The number of nitrogens with zero attached hydrogens (tertiary/aromatic N) is 2. The number of hydrogen-bond acceptors (Lipinski definition) is 5. The molecule has 0 aliphatic carbocycles. The summed E-state index contributed by atoms with van der Waals surface area (Å²) in [4.78, 5) is 25.5. The molecule has 8 heteroatoms. The van der Waals surface area contributed by atoms with Crippen LogP contribution in [0.3, 0.4) is 0 Å². The summed E-state index contributed by atoms with van der Waals surface area (Å²) in [5, 5.41) is 9.33. The third-order valence-corrected chi connectivity index (χ3v) is 3.45. The van der Waals surface area contributed by atoms with Gasteiger partial charge in [0.25, 0.3) is 0 Å². The van der Waals surface area contributed by atoms with Crippen molar-refractivity contribution in [1.29, 1.82) is 0 Å². The molecule has 0 unspecified atom stereocenters. The van der Waals surface area contributed by atoms with Crippen molar-refractivity contribution in [3.8, 4) is 0 Å². The van der Waals surface area contributed by atoms with Gasteiger partial charge in [0.05, 0.1) is 12.3 Å². The van der Waals surface area contributed by atoms with E-state index in [0.29, 0.717) is 11.7 Å². The van der Waals surface area contributed by atoms with Crippen molar-refractivity contribution in [2.75, 3.05) is 12.4 Å². The lowest BCUT2D eigenvalue weighted by Crippen LogP contribution is -2.22. The molecule has 0 atom stereocenters. The van der Waals surface area contributed by atoms with Gasteiger partial charge >= 0.3 is 12.1 Å². The standard InChI is InChI=1S/C12H19N3O4S/c1-12(2,3)8-6-14-11(20-7-9(16)17)15(8)4-5-19-10(13)18/h6H,4-5,7H2,1-3H3,(H2,13,18)(H,16,17). The van der Waals surface area contributed by atoms with Crippen LogP contribution in [0.1, 0.15) is 26.5 Å².